The van der Waals surface area contributed by atoms with Crippen molar-refractivity contribution in [2.45, 2.75) is 49.1 Å². The third-order valence-electron chi connectivity index (χ3n) is 7.47. The Morgan fingerprint density at radius 2 is 1.53 bits per heavy atom. The molecule has 2 aromatic carbocycles. The topological polar surface area (TPSA) is 64.7 Å². The van der Waals surface area contributed by atoms with Gasteiger partial charge in [-0.25, -0.2) is 13.6 Å². The van der Waals surface area contributed by atoms with Gasteiger partial charge in [0.25, 0.3) is 0 Å². The predicted molar refractivity (Wildman–Crippen MR) is 137 cm³/mol. The molecular weight excluding hydrogens is 482 g/mol. The van der Waals surface area contributed by atoms with Gasteiger partial charge in [-0.15, -0.1) is 0 Å². The maximum absolute atomic E-state index is 13.5. The Hall–Kier alpha value is -2.65. The number of nitrogens with one attached hydrogen (secondary N) is 2. The standard InChI is InChI=1S/C27H32F2N4O2S/c28-20-9-5-18(6-10-20)26(19-7-11-21(29)12-8-19)33-15-13-32(14-16-33)24(34)4-2-1-3-23-25-22(17-36-23)30-27(35)31-25/h5-12,22-23,25-26H,1-4,13-17H2,(H2,30,31,35)/t22-,23+,25+/m1/s1. The zero-order valence-electron chi connectivity index (χ0n) is 20.2. The predicted octanol–water partition coefficient (Wildman–Crippen LogP) is 3.92. The molecule has 2 N–H and O–H groups in total. The maximum atomic E-state index is 13.5. The van der Waals surface area contributed by atoms with Crippen LogP contribution >= 0.6 is 11.8 Å². The molecule has 2 aromatic rings. The fourth-order valence-corrected chi connectivity index (χ4v) is 7.10. The van der Waals surface area contributed by atoms with Crippen LogP contribution in [0, 0.1) is 11.6 Å². The third-order valence-corrected chi connectivity index (χ3v) is 8.98. The Bertz CT molecular complexity index is 1010. The van der Waals surface area contributed by atoms with E-state index in [1.165, 1.54) is 24.3 Å². The Morgan fingerprint density at radius 3 is 2.14 bits per heavy atom. The third kappa shape index (κ3) is 5.67. The van der Waals surface area contributed by atoms with Crippen LogP contribution in [0.15, 0.2) is 48.5 Å². The first-order valence-electron chi connectivity index (χ1n) is 12.7. The molecule has 0 spiro atoms. The number of hydrogen-bond donors (Lipinski definition) is 2. The number of thioether (sulfide) groups is 1. The number of unbranched alkanes of at least 4 members (excludes halogenated alkanes) is 1. The summed E-state index contributed by atoms with van der Waals surface area (Å²) in [6, 6.07) is 13.2. The highest BCUT2D eigenvalue weighted by atomic mass is 32.2. The van der Waals surface area contributed by atoms with Gasteiger partial charge in [0.2, 0.25) is 5.91 Å². The van der Waals surface area contributed by atoms with E-state index in [1.807, 2.05) is 16.7 Å². The lowest BCUT2D eigenvalue weighted by Gasteiger charge is -2.40. The van der Waals surface area contributed by atoms with Gasteiger partial charge in [0.15, 0.2) is 0 Å². The van der Waals surface area contributed by atoms with E-state index in [0.29, 0.717) is 37.8 Å². The molecule has 3 fully saturated rings. The summed E-state index contributed by atoms with van der Waals surface area (Å²) < 4.78 is 27.1. The molecule has 3 amide bonds. The second-order valence-electron chi connectivity index (χ2n) is 9.79. The molecule has 0 bridgehead atoms. The highest BCUT2D eigenvalue weighted by Gasteiger charge is 2.42. The minimum atomic E-state index is -0.289. The Labute approximate surface area is 214 Å². The zero-order valence-corrected chi connectivity index (χ0v) is 21.0. The summed E-state index contributed by atoms with van der Waals surface area (Å²) in [4.78, 5) is 28.6. The second-order valence-corrected chi connectivity index (χ2v) is 11.1. The highest BCUT2D eigenvalue weighted by molar-refractivity contribution is 8.00. The van der Waals surface area contributed by atoms with Crippen LogP contribution in [0.1, 0.15) is 42.9 Å². The summed E-state index contributed by atoms with van der Waals surface area (Å²) >= 11 is 1.90. The average Bonchev–Trinajstić information content (AvgIpc) is 3.44. The molecule has 3 aliphatic rings. The number of hydrogen-bond acceptors (Lipinski definition) is 4. The van der Waals surface area contributed by atoms with Crippen LogP contribution in [0.25, 0.3) is 0 Å². The molecule has 3 aliphatic heterocycles. The van der Waals surface area contributed by atoms with Crippen LogP contribution in [0.3, 0.4) is 0 Å². The highest BCUT2D eigenvalue weighted by Crippen LogP contribution is 2.33. The molecule has 6 nitrogen and oxygen atoms in total. The van der Waals surface area contributed by atoms with Crippen LogP contribution in [0.2, 0.25) is 0 Å². The molecule has 0 radical (unpaired) electrons. The van der Waals surface area contributed by atoms with E-state index in [9.17, 15) is 18.4 Å². The lowest BCUT2D eigenvalue weighted by atomic mass is 9.96. The molecular formula is C27H32F2N4O2S. The van der Waals surface area contributed by atoms with Crippen molar-refractivity contribution in [2.75, 3.05) is 31.9 Å². The molecule has 0 saturated carbocycles. The molecule has 0 unspecified atom stereocenters. The zero-order chi connectivity index (χ0) is 25.1. The molecule has 3 heterocycles. The Balaban J connectivity index is 1.12. The normalized spacial score (nSPS) is 24.0. The van der Waals surface area contributed by atoms with Crippen LogP contribution in [-0.2, 0) is 4.79 Å². The van der Waals surface area contributed by atoms with E-state index in [2.05, 4.69) is 15.5 Å². The first-order valence-corrected chi connectivity index (χ1v) is 13.7. The van der Waals surface area contributed by atoms with Gasteiger partial charge in [0, 0.05) is 43.6 Å². The number of benzene rings is 2. The monoisotopic (exact) mass is 514 g/mol. The molecule has 3 saturated heterocycles. The van der Waals surface area contributed by atoms with Crippen LogP contribution < -0.4 is 10.6 Å². The van der Waals surface area contributed by atoms with Crippen LogP contribution in [0.4, 0.5) is 13.6 Å². The molecule has 192 valence electrons. The number of halogens is 2. The first-order chi connectivity index (χ1) is 17.5. The fourth-order valence-electron chi connectivity index (χ4n) is 5.56. The van der Waals surface area contributed by atoms with E-state index < -0.39 is 0 Å². The SMILES string of the molecule is O=C1N[C@@H]2[C@H](CCCCC(=O)N3CCN(C(c4ccc(F)cc4)c4ccc(F)cc4)CC3)SC[C@H]2N1. The smallest absolute Gasteiger partial charge is 0.315 e. The van der Waals surface area contributed by atoms with Gasteiger partial charge >= 0.3 is 6.03 Å². The summed E-state index contributed by atoms with van der Waals surface area (Å²) in [6.07, 6.45) is 3.36. The summed E-state index contributed by atoms with van der Waals surface area (Å²) in [5, 5.41) is 6.41. The Kier molecular flexibility index (Phi) is 7.76. The number of carbonyl (C=O) groups is 2. The first kappa shape index (κ1) is 25.0. The van der Waals surface area contributed by atoms with Gasteiger partial charge in [-0.05, 0) is 48.2 Å². The van der Waals surface area contributed by atoms with Gasteiger partial charge in [-0.1, -0.05) is 30.7 Å². The lowest BCUT2D eigenvalue weighted by molar-refractivity contribution is -0.133. The number of fused-ring (bicyclic) bond motifs is 1. The summed E-state index contributed by atoms with van der Waals surface area (Å²) in [5.74, 6) is 0.558. The van der Waals surface area contributed by atoms with Gasteiger partial charge in [0.1, 0.15) is 11.6 Å². The number of amides is 3. The summed E-state index contributed by atoms with van der Waals surface area (Å²) in [5.41, 5.74) is 1.90. The molecule has 0 aliphatic carbocycles. The molecule has 36 heavy (non-hydrogen) atoms. The number of carbonyl (C=O) groups excluding carboxylic acids is 2. The van der Waals surface area contributed by atoms with E-state index in [-0.39, 0.29) is 41.7 Å². The van der Waals surface area contributed by atoms with Gasteiger partial charge in [-0.2, -0.15) is 11.8 Å². The van der Waals surface area contributed by atoms with Crippen molar-refractivity contribution in [1.29, 1.82) is 0 Å². The van der Waals surface area contributed by atoms with Crippen molar-refractivity contribution >= 4 is 23.7 Å². The van der Waals surface area contributed by atoms with Crippen LogP contribution in [0.5, 0.6) is 0 Å². The average molecular weight is 515 g/mol. The minimum Gasteiger partial charge on any atom is -0.340 e. The molecule has 5 rings (SSSR count). The van der Waals surface area contributed by atoms with Crippen LogP contribution in [-0.4, -0.2) is 71.0 Å². The number of piperazine rings is 1. The van der Waals surface area contributed by atoms with Gasteiger partial charge in [-0.3, -0.25) is 9.69 Å². The number of rotatable bonds is 8. The van der Waals surface area contributed by atoms with Crippen molar-refractivity contribution < 1.29 is 18.4 Å². The fraction of sp³-hybridized carbons (Fsp3) is 0.481. The molecule has 9 heteroatoms. The van der Waals surface area contributed by atoms with E-state index in [4.69, 9.17) is 0 Å². The van der Waals surface area contributed by atoms with E-state index >= 15 is 0 Å². The number of urea groups is 1. The van der Waals surface area contributed by atoms with Gasteiger partial charge < -0.3 is 15.5 Å². The van der Waals surface area contributed by atoms with E-state index in [1.54, 1.807) is 24.3 Å². The quantitative estimate of drug-likeness (QED) is 0.414. The van der Waals surface area contributed by atoms with Crippen molar-refractivity contribution in [3.05, 3.63) is 71.3 Å². The van der Waals surface area contributed by atoms with Crippen molar-refractivity contribution in [1.82, 2.24) is 20.4 Å². The second kappa shape index (κ2) is 11.2. The van der Waals surface area contributed by atoms with Gasteiger partial charge in [0.05, 0.1) is 18.1 Å². The number of nitrogens with zero attached hydrogens (tertiary/aromatic N) is 2. The summed E-state index contributed by atoms with van der Waals surface area (Å²) in [6.45, 7) is 2.66. The van der Waals surface area contributed by atoms with Crippen molar-refractivity contribution in [3.63, 3.8) is 0 Å². The molecule has 3 atom stereocenters. The summed E-state index contributed by atoms with van der Waals surface area (Å²) in [7, 11) is 0. The van der Waals surface area contributed by atoms with Crippen molar-refractivity contribution in [2.24, 2.45) is 0 Å². The molecule has 0 aromatic heterocycles. The maximum Gasteiger partial charge on any atom is 0.315 e. The minimum absolute atomic E-state index is 0.0642. The van der Waals surface area contributed by atoms with E-state index in [0.717, 1.165) is 36.1 Å². The lowest BCUT2D eigenvalue weighted by Crippen LogP contribution is -2.49. The van der Waals surface area contributed by atoms with Crippen molar-refractivity contribution in [3.8, 4) is 0 Å². The Morgan fingerprint density at radius 1 is 0.917 bits per heavy atom. The largest absolute Gasteiger partial charge is 0.340 e.